The molecular formula is C25H28N2O2. The third-order valence-corrected chi connectivity index (χ3v) is 5.26. The van der Waals surface area contributed by atoms with Gasteiger partial charge in [0, 0.05) is 23.0 Å². The van der Waals surface area contributed by atoms with Crippen LogP contribution in [0.25, 0.3) is 0 Å². The zero-order chi connectivity index (χ0) is 21.3. The molecule has 0 bridgehead atoms. The first-order valence-corrected chi connectivity index (χ1v) is 9.69. The summed E-state index contributed by atoms with van der Waals surface area (Å²) < 4.78 is 0. The van der Waals surface area contributed by atoms with Crippen LogP contribution in [0.1, 0.15) is 45.9 Å². The summed E-state index contributed by atoms with van der Waals surface area (Å²) in [6, 6.07) is 13.2. The Labute approximate surface area is 172 Å². The highest BCUT2D eigenvalue weighted by Gasteiger charge is 2.10. The fourth-order valence-electron chi connectivity index (χ4n) is 3.78. The summed E-state index contributed by atoms with van der Waals surface area (Å²) in [7, 11) is 0. The molecule has 3 aromatic carbocycles. The van der Waals surface area contributed by atoms with Crippen molar-refractivity contribution in [3.05, 3.63) is 81.4 Å². The molecule has 0 spiro atoms. The van der Waals surface area contributed by atoms with E-state index in [9.17, 15) is 10.2 Å². The van der Waals surface area contributed by atoms with Crippen molar-refractivity contribution in [2.45, 2.75) is 41.0 Å². The first-order chi connectivity index (χ1) is 13.7. The number of benzene rings is 3. The van der Waals surface area contributed by atoms with E-state index in [2.05, 4.69) is 38.1 Å². The Hall–Kier alpha value is -3.27. The molecule has 0 saturated carbocycles. The molecule has 4 heteroatoms. The average Bonchev–Trinajstić information content (AvgIpc) is 2.62. The van der Waals surface area contributed by atoms with Crippen molar-refractivity contribution in [2.24, 2.45) is 4.99 Å². The predicted molar refractivity (Wildman–Crippen MR) is 121 cm³/mol. The quantitative estimate of drug-likeness (QED) is 0.399. The van der Waals surface area contributed by atoms with Crippen molar-refractivity contribution < 1.29 is 10.2 Å². The van der Waals surface area contributed by atoms with Crippen LogP contribution in [-0.4, -0.2) is 15.9 Å². The highest BCUT2D eigenvalue weighted by atomic mass is 16.3. The van der Waals surface area contributed by atoms with Crippen LogP contribution in [0.5, 0.6) is 11.5 Å². The molecule has 0 aromatic heterocycles. The van der Waals surface area contributed by atoms with Crippen molar-refractivity contribution in [1.82, 2.24) is 0 Å². The van der Waals surface area contributed by atoms with E-state index in [0.29, 0.717) is 11.3 Å². The molecule has 0 aliphatic heterocycles. The van der Waals surface area contributed by atoms with Gasteiger partial charge in [-0.2, -0.15) is 0 Å². The Bertz CT molecular complexity index is 1070. The van der Waals surface area contributed by atoms with Gasteiger partial charge in [0.05, 0.1) is 5.69 Å². The van der Waals surface area contributed by atoms with E-state index in [4.69, 9.17) is 10.7 Å². The number of hydrogen-bond acceptors (Lipinski definition) is 4. The topological polar surface area (TPSA) is 78.8 Å². The molecule has 4 nitrogen and oxygen atoms in total. The average molecular weight is 389 g/mol. The smallest absolute Gasteiger partial charge is 0.128 e. The fourth-order valence-corrected chi connectivity index (χ4v) is 3.78. The van der Waals surface area contributed by atoms with E-state index in [0.717, 1.165) is 40.0 Å². The van der Waals surface area contributed by atoms with E-state index in [-0.39, 0.29) is 11.5 Å². The highest BCUT2D eigenvalue weighted by Crippen LogP contribution is 2.30. The van der Waals surface area contributed by atoms with Gasteiger partial charge in [-0.05, 0) is 86.6 Å². The molecule has 0 heterocycles. The number of aryl methyl sites for hydroxylation is 4. The van der Waals surface area contributed by atoms with Crippen LogP contribution >= 0.6 is 0 Å². The Morgan fingerprint density at radius 2 is 1.34 bits per heavy atom. The molecule has 0 amide bonds. The highest BCUT2D eigenvalue weighted by molar-refractivity contribution is 6.02. The number of phenols is 2. The second-order valence-corrected chi connectivity index (χ2v) is 7.80. The maximum atomic E-state index is 10.1. The lowest BCUT2D eigenvalue weighted by atomic mass is 9.96. The summed E-state index contributed by atoms with van der Waals surface area (Å²) >= 11 is 0. The van der Waals surface area contributed by atoms with E-state index < -0.39 is 0 Å². The van der Waals surface area contributed by atoms with Gasteiger partial charge < -0.3 is 15.9 Å². The molecule has 0 aliphatic rings. The van der Waals surface area contributed by atoms with Gasteiger partial charge in [0.2, 0.25) is 0 Å². The second-order valence-electron chi connectivity index (χ2n) is 7.80. The molecule has 150 valence electrons. The molecule has 0 radical (unpaired) electrons. The zero-order valence-electron chi connectivity index (χ0n) is 17.7. The van der Waals surface area contributed by atoms with Gasteiger partial charge in [-0.3, -0.25) is 4.99 Å². The summed E-state index contributed by atoms with van der Waals surface area (Å²) in [5, 5.41) is 19.6. The third-order valence-electron chi connectivity index (χ3n) is 5.26. The molecule has 0 unspecified atom stereocenters. The van der Waals surface area contributed by atoms with E-state index >= 15 is 0 Å². The third kappa shape index (κ3) is 4.43. The number of nitrogens with two attached hydrogens (primary N) is 1. The molecule has 0 fully saturated rings. The number of hydrogen-bond donors (Lipinski definition) is 3. The number of nitrogen functional groups attached to an aromatic ring is 1. The maximum Gasteiger partial charge on any atom is 0.128 e. The van der Waals surface area contributed by atoms with Crippen molar-refractivity contribution >= 4 is 17.1 Å². The zero-order valence-corrected chi connectivity index (χ0v) is 17.7. The minimum atomic E-state index is 0.0206. The number of rotatable bonds is 4. The summed E-state index contributed by atoms with van der Waals surface area (Å²) in [6.07, 6.45) is 0.839. The Morgan fingerprint density at radius 3 is 1.86 bits per heavy atom. The van der Waals surface area contributed by atoms with Crippen LogP contribution in [0.3, 0.4) is 0 Å². The van der Waals surface area contributed by atoms with E-state index in [1.807, 2.05) is 20.8 Å². The second kappa shape index (κ2) is 8.00. The maximum absolute atomic E-state index is 10.1. The molecule has 29 heavy (non-hydrogen) atoms. The van der Waals surface area contributed by atoms with Crippen molar-refractivity contribution in [1.29, 1.82) is 0 Å². The van der Waals surface area contributed by atoms with Crippen molar-refractivity contribution in [2.75, 3.05) is 5.73 Å². The molecule has 0 saturated heterocycles. The van der Waals surface area contributed by atoms with Gasteiger partial charge in [0.1, 0.15) is 11.5 Å². The largest absolute Gasteiger partial charge is 0.508 e. The summed E-state index contributed by atoms with van der Waals surface area (Å²) in [4.78, 5) is 4.77. The molecule has 3 aromatic rings. The monoisotopic (exact) mass is 388 g/mol. The van der Waals surface area contributed by atoms with Crippen LogP contribution in [0.2, 0.25) is 0 Å². The van der Waals surface area contributed by atoms with Crippen LogP contribution < -0.4 is 5.73 Å². The summed E-state index contributed by atoms with van der Waals surface area (Å²) in [5.41, 5.74) is 16.0. The molecule has 0 aliphatic carbocycles. The van der Waals surface area contributed by atoms with Gasteiger partial charge >= 0.3 is 0 Å². The van der Waals surface area contributed by atoms with Gasteiger partial charge in [0.15, 0.2) is 0 Å². The van der Waals surface area contributed by atoms with Crippen molar-refractivity contribution in [3.63, 3.8) is 0 Å². The summed E-state index contributed by atoms with van der Waals surface area (Å²) in [6.45, 7) is 10.1. The first-order valence-electron chi connectivity index (χ1n) is 9.69. The lowest BCUT2D eigenvalue weighted by Gasteiger charge is -2.13. The number of anilines is 1. The van der Waals surface area contributed by atoms with Crippen LogP contribution in [-0.2, 0) is 6.42 Å². The fraction of sp³-hybridized carbons (Fsp3) is 0.240. The molecule has 0 atom stereocenters. The Balaban J connectivity index is 1.93. The van der Waals surface area contributed by atoms with Gasteiger partial charge in [0.25, 0.3) is 0 Å². The Morgan fingerprint density at radius 1 is 0.828 bits per heavy atom. The number of aromatic hydroxyl groups is 2. The Kier molecular flexibility index (Phi) is 5.64. The minimum Gasteiger partial charge on any atom is -0.508 e. The lowest BCUT2D eigenvalue weighted by Crippen LogP contribution is -1.99. The van der Waals surface area contributed by atoms with Gasteiger partial charge in [-0.25, -0.2) is 0 Å². The first kappa shape index (κ1) is 20.5. The normalized spacial score (nSPS) is 11.7. The van der Waals surface area contributed by atoms with Crippen molar-refractivity contribution in [3.8, 4) is 11.5 Å². The van der Waals surface area contributed by atoms with Crippen LogP contribution in [0.4, 0.5) is 11.4 Å². The van der Waals surface area contributed by atoms with Gasteiger partial charge in [-0.1, -0.05) is 24.3 Å². The SMILES string of the molecule is C/C(=N\c1c(C)cc(Cc2cc(C)c(N)c(C)c2)cc1C)c1ccc(O)cc1O. The standard InChI is InChI=1S/C25H28N2O2/c1-14-8-19(9-15(2)24(14)26)12-20-10-16(3)25(17(4)11-20)27-18(5)22-7-6-21(28)13-23(22)29/h6-11,13,28-29H,12,26H2,1-5H3/b27-18+. The number of phenolic OH excluding ortho intramolecular Hbond substituents is 2. The summed E-state index contributed by atoms with van der Waals surface area (Å²) in [5.74, 6) is 0.0520. The van der Waals surface area contributed by atoms with Crippen LogP contribution in [0.15, 0.2) is 47.5 Å². The number of nitrogens with zero attached hydrogens (tertiary/aromatic N) is 1. The van der Waals surface area contributed by atoms with E-state index in [1.54, 1.807) is 12.1 Å². The number of aliphatic imine (C=N–C) groups is 1. The molecule has 4 N–H and O–H groups in total. The van der Waals surface area contributed by atoms with Crippen LogP contribution in [0, 0.1) is 27.7 Å². The van der Waals surface area contributed by atoms with E-state index in [1.165, 1.54) is 17.2 Å². The minimum absolute atomic E-state index is 0.0206. The molecule has 3 rings (SSSR count). The predicted octanol–water partition coefficient (Wildman–Crippen LogP) is 5.65. The molecular weight excluding hydrogens is 360 g/mol. The lowest BCUT2D eigenvalue weighted by molar-refractivity contribution is 0.450. The van der Waals surface area contributed by atoms with Gasteiger partial charge in [-0.15, -0.1) is 0 Å².